The molecule has 1 N–H and O–H groups in total. The minimum Gasteiger partial charge on any atom is -0.507 e. The van der Waals surface area contributed by atoms with Crippen LogP contribution in [0.4, 0.5) is 13.2 Å². The van der Waals surface area contributed by atoms with Crippen LogP contribution in [0, 0.1) is 0 Å². The van der Waals surface area contributed by atoms with E-state index in [-0.39, 0.29) is 29.6 Å². The highest BCUT2D eigenvalue weighted by atomic mass is 19.4. The first-order valence-electron chi connectivity index (χ1n) is 6.45. The van der Waals surface area contributed by atoms with E-state index >= 15 is 0 Å². The molecule has 0 amide bonds. The average Bonchev–Trinajstić information content (AvgIpc) is 3.17. The van der Waals surface area contributed by atoms with Crippen LogP contribution in [0.1, 0.15) is 29.3 Å². The van der Waals surface area contributed by atoms with Crippen LogP contribution in [0.25, 0.3) is 0 Å². The first-order valence-corrected chi connectivity index (χ1v) is 6.45. The van der Waals surface area contributed by atoms with Crippen LogP contribution in [0.5, 0.6) is 11.5 Å². The van der Waals surface area contributed by atoms with Gasteiger partial charge in [-0.25, -0.2) is 0 Å². The summed E-state index contributed by atoms with van der Waals surface area (Å²) in [5.74, 6) is -0.712. The van der Waals surface area contributed by atoms with Crippen molar-refractivity contribution in [2.75, 3.05) is 13.2 Å². The van der Waals surface area contributed by atoms with Crippen LogP contribution in [0.3, 0.4) is 0 Å². The van der Waals surface area contributed by atoms with Crippen molar-refractivity contribution in [3.8, 4) is 11.5 Å². The van der Waals surface area contributed by atoms with Gasteiger partial charge in [-0.3, -0.25) is 4.79 Å². The molecule has 1 aromatic rings. The van der Waals surface area contributed by atoms with Crippen molar-refractivity contribution in [2.24, 2.45) is 0 Å². The Morgan fingerprint density at radius 3 is 2.67 bits per heavy atom. The second-order valence-corrected chi connectivity index (χ2v) is 4.88. The van der Waals surface area contributed by atoms with Gasteiger partial charge in [0.05, 0.1) is 12.2 Å². The number of ketones is 1. The molecular formula is C14H15F3O4. The van der Waals surface area contributed by atoms with E-state index in [2.05, 4.69) is 0 Å². The highest BCUT2D eigenvalue weighted by Crippen LogP contribution is 2.35. The van der Waals surface area contributed by atoms with E-state index in [9.17, 15) is 23.1 Å². The fraction of sp³-hybridized carbons (Fsp3) is 0.500. The minimum atomic E-state index is -4.35. The number of carbonyl (C=O) groups is 1. The summed E-state index contributed by atoms with van der Waals surface area (Å²) in [4.78, 5) is 11.4. The zero-order chi connectivity index (χ0) is 15.6. The Hall–Kier alpha value is -1.76. The number of ether oxygens (including phenoxy) is 2. The maximum absolute atomic E-state index is 12.4. The number of Topliss-reactive ketones (excluding diaryl/α,β-unsaturated/α-hetero) is 1. The number of rotatable bonds is 6. The number of benzene rings is 1. The molecule has 1 heterocycles. The molecule has 1 aliphatic heterocycles. The van der Waals surface area contributed by atoms with Gasteiger partial charge >= 0.3 is 6.18 Å². The Bertz CT molecular complexity index is 536. The van der Waals surface area contributed by atoms with Crippen molar-refractivity contribution in [2.45, 2.75) is 32.0 Å². The van der Waals surface area contributed by atoms with Crippen LogP contribution in [-0.4, -0.2) is 36.4 Å². The molecule has 116 valence electrons. The molecule has 0 spiro atoms. The summed E-state index contributed by atoms with van der Waals surface area (Å²) in [7, 11) is 0. The number of hydrogen-bond acceptors (Lipinski definition) is 4. The molecule has 2 rings (SSSR count). The van der Waals surface area contributed by atoms with E-state index < -0.39 is 30.6 Å². The monoisotopic (exact) mass is 304 g/mol. The lowest BCUT2D eigenvalue weighted by molar-refractivity contribution is -0.134. The van der Waals surface area contributed by atoms with E-state index in [0.29, 0.717) is 6.61 Å². The summed E-state index contributed by atoms with van der Waals surface area (Å²) >= 11 is 0. The lowest BCUT2D eigenvalue weighted by atomic mass is 10.0. The normalized spacial score (nSPS) is 17.6. The molecule has 0 radical (unpaired) electrons. The third kappa shape index (κ3) is 4.35. The molecule has 7 heteroatoms. The zero-order valence-electron chi connectivity index (χ0n) is 11.4. The minimum absolute atomic E-state index is 0.000625. The summed E-state index contributed by atoms with van der Waals surface area (Å²) in [6.45, 7) is 1.99. The number of phenols is 1. The van der Waals surface area contributed by atoms with Crippen LogP contribution >= 0.6 is 0 Å². The summed E-state index contributed by atoms with van der Waals surface area (Å²) < 4.78 is 47.5. The summed E-state index contributed by atoms with van der Waals surface area (Å²) in [5, 5.41) is 10.0. The van der Waals surface area contributed by atoms with Crippen molar-refractivity contribution in [1.82, 2.24) is 0 Å². The Morgan fingerprint density at radius 2 is 2.14 bits per heavy atom. The first kappa shape index (κ1) is 15.6. The molecule has 21 heavy (non-hydrogen) atoms. The van der Waals surface area contributed by atoms with Crippen molar-refractivity contribution in [3.63, 3.8) is 0 Å². The number of hydrogen-bond donors (Lipinski definition) is 1. The number of carbonyl (C=O) groups excluding carboxylic acids is 1. The predicted molar refractivity (Wildman–Crippen MR) is 67.7 cm³/mol. The number of alkyl halides is 3. The Morgan fingerprint density at radius 1 is 1.48 bits per heavy atom. The van der Waals surface area contributed by atoms with Gasteiger partial charge in [-0.05, 0) is 25.5 Å². The molecule has 1 saturated heterocycles. The van der Waals surface area contributed by atoms with Crippen molar-refractivity contribution in [1.29, 1.82) is 0 Å². The number of phenolic OH excluding ortho intramolecular Hbond substituents is 1. The lowest BCUT2D eigenvalue weighted by Crippen LogP contribution is -2.11. The number of epoxide rings is 1. The first-order chi connectivity index (χ1) is 9.78. The molecular weight excluding hydrogens is 289 g/mol. The maximum atomic E-state index is 12.4. The van der Waals surface area contributed by atoms with Gasteiger partial charge in [0.15, 0.2) is 5.78 Å². The van der Waals surface area contributed by atoms with E-state index in [1.807, 2.05) is 0 Å². The van der Waals surface area contributed by atoms with E-state index in [1.165, 1.54) is 19.1 Å². The van der Waals surface area contributed by atoms with Gasteiger partial charge in [-0.2, -0.15) is 13.2 Å². The number of aromatic hydroxyl groups is 1. The third-order valence-corrected chi connectivity index (χ3v) is 3.10. The molecule has 1 aromatic carbocycles. The van der Waals surface area contributed by atoms with Gasteiger partial charge in [-0.15, -0.1) is 0 Å². The molecule has 1 aliphatic rings. The Labute approximate surface area is 119 Å². The smallest absolute Gasteiger partial charge is 0.389 e. The largest absolute Gasteiger partial charge is 0.507 e. The van der Waals surface area contributed by atoms with Crippen LogP contribution < -0.4 is 4.74 Å². The van der Waals surface area contributed by atoms with E-state index in [0.717, 1.165) is 0 Å². The fourth-order valence-electron chi connectivity index (χ4n) is 1.89. The predicted octanol–water partition coefficient (Wildman–Crippen LogP) is 2.87. The summed E-state index contributed by atoms with van der Waals surface area (Å²) in [6, 6.07) is 2.75. The zero-order valence-corrected chi connectivity index (χ0v) is 11.4. The van der Waals surface area contributed by atoms with Gasteiger partial charge in [0, 0.05) is 12.0 Å². The molecule has 0 aliphatic carbocycles. The van der Waals surface area contributed by atoms with Crippen LogP contribution in [-0.2, 0) is 11.2 Å². The van der Waals surface area contributed by atoms with Gasteiger partial charge in [0.1, 0.15) is 24.2 Å². The van der Waals surface area contributed by atoms with E-state index in [1.54, 1.807) is 0 Å². The van der Waals surface area contributed by atoms with Gasteiger partial charge in [0.25, 0.3) is 0 Å². The summed E-state index contributed by atoms with van der Waals surface area (Å²) in [6.07, 6.45) is -5.96. The molecule has 1 unspecified atom stereocenters. The lowest BCUT2D eigenvalue weighted by Gasteiger charge is -2.15. The number of halogens is 3. The van der Waals surface area contributed by atoms with Crippen molar-refractivity contribution >= 4 is 5.78 Å². The SMILES string of the molecule is CC(=O)c1ccc(OCC2CO2)c(CCC(F)(F)F)c1O. The van der Waals surface area contributed by atoms with Crippen LogP contribution in [0.2, 0.25) is 0 Å². The Balaban J connectivity index is 2.24. The third-order valence-electron chi connectivity index (χ3n) is 3.10. The maximum Gasteiger partial charge on any atom is 0.389 e. The average molecular weight is 304 g/mol. The van der Waals surface area contributed by atoms with Gasteiger partial charge in [-0.1, -0.05) is 0 Å². The van der Waals surface area contributed by atoms with Gasteiger partial charge in [0.2, 0.25) is 0 Å². The van der Waals surface area contributed by atoms with Crippen molar-refractivity contribution < 1.29 is 32.5 Å². The van der Waals surface area contributed by atoms with Gasteiger partial charge < -0.3 is 14.6 Å². The Kier molecular flexibility index (Phi) is 4.41. The van der Waals surface area contributed by atoms with E-state index in [4.69, 9.17) is 9.47 Å². The summed E-state index contributed by atoms with van der Waals surface area (Å²) in [5.41, 5.74) is -0.0112. The fourth-order valence-corrected chi connectivity index (χ4v) is 1.89. The standard InChI is InChI=1S/C14H15F3O4/c1-8(18)10-2-3-12(21-7-9-6-20-9)11(13(10)19)4-5-14(15,16)17/h2-3,9,19H,4-7H2,1H3. The quantitative estimate of drug-likeness (QED) is 0.648. The second kappa shape index (κ2) is 5.93. The molecule has 1 fully saturated rings. The molecule has 0 aromatic heterocycles. The molecule has 1 atom stereocenters. The topological polar surface area (TPSA) is 59.1 Å². The van der Waals surface area contributed by atoms with Crippen molar-refractivity contribution in [3.05, 3.63) is 23.3 Å². The highest BCUT2D eigenvalue weighted by molar-refractivity contribution is 5.97. The van der Waals surface area contributed by atoms with Crippen LogP contribution in [0.15, 0.2) is 12.1 Å². The molecule has 0 saturated carbocycles. The molecule has 0 bridgehead atoms. The highest BCUT2D eigenvalue weighted by Gasteiger charge is 2.29. The molecule has 4 nitrogen and oxygen atoms in total. The second-order valence-electron chi connectivity index (χ2n) is 4.88.